The molecule has 0 fully saturated rings. The minimum atomic E-state index is 0.653. The molecule has 0 bridgehead atoms. The summed E-state index contributed by atoms with van der Waals surface area (Å²) < 4.78 is 5.34. The maximum absolute atomic E-state index is 5.34. The van der Waals surface area contributed by atoms with E-state index in [0.717, 1.165) is 0 Å². The van der Waals surface area contributed by atoms with Crippen LogP contribution in [0, 0.1) is 0 Å². The topological polar surface area (TPSA) is 9.23 Å². The van der Waals surface area contributed by atoms with Crippen molar-refractivity contribution in [1.29, 1.82) is 0 Å². The fourth-order valence-electron chi connectivity index (χ4n) is 0.855. The summed E-state index contributed by atoms with van der Waals surface area (Å²) in [5.41, 5.74) is 1.21. The molecular weight excluding hydrogens is 216 g/mol. The molecule has 1 aromatic carbocycles. The number of hydrogen-bond donors (Lipinski definition) is 0. The van der Waals surface area contributed by atoms with E-state index in [1.54, 1.807) is 4.99 Å². The first-order valence-electron chi connectivity index (χ1n) is 3.80. The average molecular weight is 227 g/mol. The van der Waals surface area contributed by atoms with Crippen LogP contribution in [0.5, 0.6) is 0 Å². The van der Waals surface area contributed by atoms with Crippen LogP contribution in [0.3, 0.4) is 0 Å². The zero-order valence-corrected chi connectivity index (χ0v) is 8.33. The van der Waals surface area contributed by atoms with Crippen molar-refractivity contribution < 1.29 is 4.74 Å². The van der Waals surface area contributed by atoms with Gasteiger partial charge in [0.2, 0.25) is 0 Å². The van der Waals surface area contributed by atoms with E-state index >= 15 is 0 Å². The molecule has 1 aromatic rings. The Labute approximate surface area is 81.2 Å². The highest BCUT2D eigenvalue weighted by atomic mass is 79.9. The number of rotatable bonds is 4. The van der Waals surface area contributed by atoms with E-state index in [4.69, 9.17) is 4.74 Å². The fraction of sp³-hybridized carbons (Fsp3) is 0.200. The van der Waals surface area contributed by atoms with Gasteiger partial charge in [-0.3, -0.25) is 0 Å². The van der Waals surface area contributed by atoms with Crippen LogP contribution in [0.15, 0.2) is 41.4 Å². The number of hydrogen-bond acceptors (Lipinski definition) is 1. The van der Waals surface area contributed by atoms with Gasteiger partial charge in [0.15, 0.2) is 0 Å². The lowest BCUT2D eigenvalue weighted by atomic mass is 10.2. The number of benzene rings is 1. The monoisotopic (exact) mass is 226 g/mol. The van der Waals surface area contributed by atoms with E-state index in [1.165, 1.54) is 5.56 Å². The molecule has 0 spiro atoms. The van der Waals surface area contributed by atoms with E-state index in [2.05, 4.69) is 28.1 Å². The molecule has 0 aromatic heterocycles. The highest BCUT2D eigenvalue weighted by Gasteiger charge is 1.88. The van der Waals surface area contributed by atoms with Crippen molar-refractivity contribution >= 4 is 15.9 Å². The van der Waals surface area contributed by atoms with Crippen molar-refractivity contribution in [2.75, 3.05) is 6.61 Å². The van der Waals surface area contributed by atoms with E-state index in [1.807, 2.05) is 24.3 Å². The highest BCUT2D eigenvalue weighted by Crippen LogP contribution is 2.00. The first-order chi connectivity index (χ1) is 5.93. The maximum atomic E-state index is 5.34. The van der Waals surface area contributed by atoms with Gasteiger partial charge in [-0.1, -0.05) is 52.3 Å². The average Bonchev–Trinajstić information content (AvgIpc) is 2.14. The van der Waals surface area contributed by atoms with Gasteiger partial charge in [-0.15, -0.1) is 0 Å². The van der Waals surface area contributed by atoms with Gasteiger partial charge >= 0.3 is 0 Å². The lowest BCUT2D eigenvalue weighted by Crippen LogP contribution is -1.91. The Kier molecular flexibility index (Phi) is 4.73. The van der Waals surface area contributed by atoms with E-state index in [9.17, 15) is 0 Å². The summed E-state index contributed by atoms with van der Waals surface area (Å²) in [7, 11) is 0. The molecule has 0 saturated heterocycles. The smallest absolute Gasteiger partial charge is 0.0721 e. The van der Waals surface area contributed by atoms with Gasteiger partial charge < -0.3 is 4.74 Å². The van der Waals surface area contributed by atoms with E-state index in [-0.39, 0.29) is 0 Å². The Morgan fingerprint density at radius 2 is 2.00 bits per heavy atom. The summed E-state index contributed by atoms with van der Waals surface area (Å²) in [6, 6.07) is 10.1. The number of halogens is 1. The third-order valence-electron chi connectivity index (χ3n) is 1.41. The molecule has 1 rings (SSSR count). The normalized spacial score (nSPS) is 10.8. The molecule has 0 aliphatic heterocycles. The number of ether oxygens (including phenoxy) is 1. The standard InChI is InChI=1S/C10H11BrO/c11-7-4-8-12-9-10-5-2-1-3-6-10/h1-7H,8-9H2. The van der Waals surface area contributed by atoms with Gasteiger partial charge in [-0.25, -0.2) is 0 Å². The van der Waals surface area contributed by atoms with Crippen LogP contribution in [0.25, 0.3) is 0 Å². The van der Waals surface area contributed by atoms with Crippen LogP contribution < -0.4 is 0 Å². The van der Waals surface area contributed by atoms with Crippen molar-refractivity contribution in [2.45, 2.75) is 6.61 Å². The van der Waals surface area contributed by atoms with Crippen molar-refractivity contribution in [3.8, 4) is 0 Å². The van der Waals surface area contributed by atoms with Crippen molar-refractivity contribution in [1.82, 2.24) is 0 Å². The van der Waals surface area contributed by atoms with Crippen molar-refractivity contribution in [3.05, 3.63) is 47.0 Å². The minimum absolute atomic E-state index is 0.653. The molecule has 0 heterocycles. The molecule has 1 nitrogen and oxygen atoms in total. The summed E-state index contributed by atoms with van der Waals surface area (Å²) >= 11 is 3.18. The quantitative estimate of drug-likeness (QED) is 0.718. The van der Waals surface area contributed by atoms with Crippen molar-refractivity contribution in [2.24, 2.45) is 0 Å². The minimum Gasteiger partial charge on any atom is -0.373 e. The lowest BCUT2D eigenvalue weighted by Gasteiger charge is -1.99. The summed E-state index contributed by atoms with van der Waals surface area (Å²) in [5, 5.41) is 0. The van der Waals surface area contributed by atoms with Gasteiger partial charge in [0.1, 0.15) is 0 Å². The van der Waals surface area contributed by atoms with Gasteiger partial charge in [-0.05, 0) is 10.5 Å². The molecule has 0 saturated carbocycles. The predicted octanol–water partition coefficient (Wildman–Crippen LogP) is 3.11. The summed E-state index contributed by atoms with van der Waals surface area (Å²) in [6.07, 6.45) is 1.92. The zero-order chi connectivity index (χ0) is 8.65. The van der Waals surface area contributed by atoms with Gasteiger partial charge in [0.25, 0.3) is 0 Å². The maximum Gasteiger partial charge on any atom is 0.0721 e. The molecule has 0 N–H and O–H groups in total. The molecule has 64 valence electrons. The van der Waals surface area contributed by atoms with Crippen molar-refractivity contribution in [3.63, 3.8) is 0 Å². The molecule has 0 aliphatic rings. The Balaban J connectivity index is 2.24. The third kappa shape index (κ3) is 3.69. The second-order valence-electron chi connectivity index (χ2n) is 2.36. The zero-order valence-electron chi connectivity index (χ0n) is 6.74. The lowest BCUT2D eigenvalue weighted by molar-refractivity contribution is 0.149. The molecule has 2 heteroatoms. The van der Waals surface area contributed by atoms with Crippen LogP contribution in [-0.4, -0.2) is 6.61 Å². The Hall–Kier alpha value is -0.600. The predicted molar refractivity (Wildman–Crippen MR) is 54.2 cm³/mol. The molecular formula is C10H11BrO. The highest BCUT2D eigenvalue weighted by molar-refractivity contribution is 9.11. The van der Waals surface area contributed by atoms with Crippen LogP contribution in [0.4, 0.5) is 0 Å². The second kappa shape index (κ2) is 5.98. The molecule has 0 atom stereocenters. The van der Waals surface area contributed by atoms with Gasteiger partial charge in [0.05, 0.1) is 13.2 Å². The second-order valence-corrected chi connectivity index (χ2v) is 2.89. The molecule has 0 aliphatic carbocycles. The molecule has 0 radical (unpaired) electrons. The Bertz CT molecular complexity index is 231. The third-order valence-corrected chi connectivity index (χ3v) is 1.79. The Morgan fingerprint density at radius 1 is 1.25 bits per heavy atom. The summed E-state index contributed by atoms with van der Waals surface area (Å²) in [5.74, 6) is 0. The van der Waals surface area contributed by atoms with Crippen LogP contribution in [0.2, 0.25) is 0 Å². The fourth-order valence-corrected chi connectivity index (χ4v) is 1.01. The van der Waals surface area contributed by atoms with E-state index < -0.39 is 0 Å². The Morgan fingerprint density at radius 3 is 2.67 bits per heavy atom. The first-order valence-corrected chi connectivity index (χ1v) is 4.72. The van der Waals surface area contributed by atoms with E-state index in [0.29, 0.717) is 13.2 Å². The van der Waals surface area contributed by atoms with Crippen LogP contribution >= 0.6 is 15.9 Å². The SMILES string of the molecule is BrC=CCOCc1ccccc1. The molecule has 0 unspecified atom stereocenters. The molecule has 12 heavy (non-hydrogen) atoms. The van der Waals surface area contributed by atoms with Gasteiger partial charge in [0, 0.05) is 0 Å². The van der Waals surface area contributed by atoms with Crippen LogP contribution in [-0.2, 0) is 11.3 Å². The first kappa shape index (κ1) is 9.49. The largest absolute Gasteiger partial charge is 0.373 e. The molecule has 0 amide bonds. The van der Waals surface area contributed by atoms with Crippen LogP contribution in [0.1, 0.15) is 5.56 Å². The summed E-state index contributed by atoms with van der Waals surface area (Å²) in [6.45, 7) is 1.33. The summed E-state index contributed by atoms with van der Waals surface area (Å²) in [4.78, 5) is 1.80. The van der Waals surface area contributed by atoms with Gasteiger partial charge in [-0.2, -0.15) is 0 Å².